The highest BCUT2D eigenvalue weighted by atomic mass is 32.1. The van der Waals surface area contributed by atoms with Crippen molar-refractivity contribution in [3.05, 3.63) is 78.9 Å². The van der Waals surface area contributed by atoms with Crippen molar-refractivity contribution in [1.82, 2.24) is 14.8 Å². The van der Waals surface area contributed by atoms with Crippen LogP contribution in [-0.4, -0.2) is 69.4 Å². The van der Waals surface area contributed by atoms with E-state index in [1.54, 1.807) is 59.0 Å². The number of para-hydroxylation sites is 1. The summed E-state index contributed by atoms with van der Waals surface area (Å²) >= 11 is 1.65. The molecule has 0 radical (unpaired) electrons. The molecule has 0 amide bonds. The third-order valence-electron chi connectivity index (χ3n) is 8.19. The van der Waals surface area contributed by atoms with Crippen LogP contribution in [0.2, 0.25) is 0 Å². The summed E-state index contributed by atoms with van der Waals surface area (Å²) in [6.07, 6.45) is 1.48. The number of carbonyl (C=O) groups is 1. The Bertz CT molecular complexity index is 2100. The average molecular weight is 710 g/mol. The summed E-state index contributed by atoms with van der Waals surface area (Å²) in [7, 11) is 7.87. The predicted molar refractivity (Wildman–Crippen MR) is 197 cm³/mol. The largest absolute Gasteiger partial charge is 0.493 e. The molecule has 264 valence electrons. The Morgan fingerprint density at radius 3 is 1.90 bits per heavy atom. The van der Waals surface area contributed by atoms with Crippen molar-refractivity contribution in [2.45, 2.75) is 19.8 Å². The van der Waals surface area contributed by atoms with Crippen LogP contribution in [0.4, 0.5) is 0 Å². The van der Waals surface area contributed by atoms with Gasteiger partial charge in [0, 0.05) is 23.6 Å². The van der Waals surface area contributed by atoms with Crippen LogP contribution in [0, 0.1) is 0 Å². The summed E-state index contributed by atoms with van der Waals surface area (Å²) in [6.45, 7) is 2.38. The fraction of sp³-hybridized carbons (Fsp3) is 0.256. The molecule has 4 aromatic carbocycles. The van der Waals surface area contributed by atoms with E-state index in [4.69, 9.17) is 38.1 Å². The Kier molecular flexibility index (Phi) is 10.9. The van der Waals surface area contributed by atoms with Crippen molar-refractivity contribution >= 4 is 27.5 Å². The van der Waals surface area contributed by atoms with Gasteiger partial charge >= 0.3 is 0 Å². The van der Waals surface area contributed by atoms with Crippen LogP contribution in [0.25, 0.3) is 43.3 Å². The van der Waals surface area contributed by atoms with Gasteiger partial charge in [-0.3, -0.25) is 4.79 Å². The van der Waals surface area contributed by atoms with Gasteiger partial charge < -0.3 is 33.2 Å². The standard InChI is InChI=1S/C39H39N3O8S/c1-24(43)42-30(23-29(41-42)27-21-35(46-4)38(48-6)36(22-27)47-5)25-13-15-31(44-2)34(19-25)50-18-10-9-17-49-32-16-14-26(20-33(32)45-3)39-40-28-11-7-8-12-37(28)51-39/h7-8,11-16,19-23H,9-10,17-18H2,1-6H3. The van der Waals surface area contributed by atoms with Crippen molar-refractivity contribution in [2.75, 3.05) is 48.8 Å². The first-order chi connectivity index (χ1) is 24.9. The van der Waals surface area contributed by atoms with E-state index in [2.05, 4.69) is 11.2 Å². The topological polar surface area (TPSA) is 112 Å². The van der Waals surface area contributed by atoms with Gasteiger partial charge in [0.15, 0.2) is 34.5 Å². The van der Waals surface area contributed by atoms with Crippen LogP contribution < -0.4 is 33.2 Å². The lowest BCUT2D eigenvalue weighted by Crippen LogP contribution is -2.09. The van der Waals surface area contributed by atoms with Gasteiger partial charge in [0.2, 0.25) is 11.7 Å². The third-order valence-corrected chi connectivity index (χ3v) is 9.27. The summed E-state index contributed by atoms with van der Waals surface area (Å²) in [5, 5.41) is 5.55. The number of thiazole rings is 1. The van der Waals surface area contributed by atoms with E-state index in [0.717, 1.165) is 39.2 Å². The molecule has 11 nitrogen and oxygen atoms in total. The van der Waals surface area contributed by atoms with E-state index in [0.29, 0.717) is 70.4 Å². The quantitative estimate of drug-likeness (QED) is 0.0963. The molecule has 0 saturated heterocycles. The van der Waals surface area contributed by atoms with Crippen molar-refractivity contribution in [1.29, 1.82) is 0 Å². The molecule has 0 aliphatic rings. The van der Waals surface area contributed by atoms with Gasteiger partial charge in [-0.15, -0.1) is 11.3 Å². The van der Waals surface area contributed by atoms with E-state index >= 15 is 0 Å². The predicted octanol–water partition coefficient (Wildman–Crippen LogP) is 8.43. The second kappa shape index (κ2) is 15.9. The van der Waals surface area contributed by atoms with Gasteiger partial charge in [0.25, 0.3) is 0 Å². The lowest BCUT2D eigenvalue weighted by molar-refractivity contribution is 0.0923. The van der Waals surface area contributed by atoms with Gasteiger partial charge in [0.1, 0.15) is 5.01 Å². The average Bonchev–Trinajstić information content (AvgIpc) is 3.81. The van der Waals surface area contributed by atoms with Gasteiger partial charge in [-0.1, -0.05) is 12.1 Å². The number of methoxy groups -OCH3 is 5. The number of unbranched alkanes of at least 4 members (excludes halogenated alkanes) is 1. The summed E-state index contributed by atoms with van der Waals surface area (Å²) in [6, 6.07) is 24.9. The minimum absolute atomic E-state index is 0.245. The number of aromatic nitrogens is 3. The maximum absolute atomic E-state index is 12.7. The Balaban J connectivity index is 1.11. The van der Waals surface area contributed by atoms with Gasteiger partial charge in [0.05, 0.1) is 70.4 Å². The minimum Gasteiger partial charge on any atom is -0.493 e. The van der Waals surface area contributed by atoms with Gasteiger partial charge in [-0.2, -0.15) is 9.78 Å². The number of hydrogen-bond donors (Lipinski definition) is 0. The lowest BCUT2D eigenvalue weighted by atomic mass is 10.1. The molecule has 2 aromatic heterocycles. The molecular weight excluding hydrogens is 671 g/mol. The van der Waals surface area contributed by atoms with Crippen LogP contribution in [0.5, 0.6) is 40.2 Å². The lowest BCUT2D eigenvalue weighted by Gasteiger charge is -2.14. The monoisotopic (exact) mass is 709 g/mol. The van der Waals surface area contributed by atoms with E-state index in [-0.39, 0.29) is 5.91 Å². The first-order valence-corrected chi connectivity index (χ1v) is 17.1. The molecule has 0 unspecified atom stereocenters. The van der Waals surface area contributed by atoms with E-state index in [1.807, 2.05) is 60.7 Å². The molecule has 0 N–H and O–H groups in total. The molecule has 2 heterocycles. The number of benzene rings is 4. The summed E-state index contributed by atoms with van der Waals surface area (Å²) in [4.78, 5) is 17.5. The van der Waals surface area contributed by atoms with Crippen LogP contribution in [0.1, 0.15) is 24.6 Å². The Morgan fingerprint density at radius 1 is 0.647 bits per heavy atom. The Morgan fingerprint density at radius 2 is 1.25 bits per heavy atom. The molecular formula is C39H39N3O8S. The molecule has 12 heteroatoms. The van der Waals surface area contributed by atoms with E-state index in [9.17, 15) is 4.79 Å². The highest BCUT2D eigenvalue weighted by molar-refractivity contribution is 7.21. The number of ether oxygens (including phenoxy) is 7. The number of nitrogens with zero attached hydrogens (tertiary/aromatic N) is 3. The molecule has 0 saturated carbocycles. The smallest absolute Gasteiger partial charge is 0.244 e. The second-order valence-corrected chi connectivity index (χ2v) is 12.4. The van der Waals surface area contributed by atoms with Crippen molar-refractivity contribution in [3.8, 4) is 73.3 Å². The van der Waals surface area contributed by atoms with Crippen LogP contribution >= 0.6 is 11.3 Å². The first-order valence-electron chi connectivity index (χ1n) is 16.3. The summed E-state index contributed by atoms with van der Waals surface area (Å²) in [5.74, 6) is 3.63. The molecule has 6 aromatic rings. The molecule has 0 bridgehead atoms. The molecule has 0 spiro atoms. The van der Waals surface area contributed by atoms with E-state index in [1.165, 1.54) is 11.6 Å². The Labute approximate surface area is 300 Å². The number of carbonyl (C=O) groups excluding carboxylic acids is 1. The van der Waals surface area contributed by atoms with Crippen molar-refractivity contribution < 1.29 is 38.0 Å². The van der Waals surface area contributed by atoms with Gasteiger partial charge in [-0.25, -0.2) is 4.98 Å². The van der Waals surface area contributed by atoms with Crippen LogP contribution in [0.15, 0.2) is 78.9 Å². The van der Waals surface area contributed by atoms with Crippen LogP contribution in [0.3, 0.4) is 0 Å². The highest BCUT2D eigenvalue weighted by Gasteiger charge is 2.20. The van der Waals surface area contributed by atoms with Gasteiger partial charge in [-0.05, 0) is 79.6 Å². The summed E-state index contributed by atoms with van der Waals surface area (Å²) in [5.41, 5.74) is 4.54. The molecule has 0 fully saturated rings. The maximum Gasteiger partial charge on any atom is 0.244 e. The van der Waals surface area contributed by atoms with Crippen molar-refractivity contribution in [2.24, 2.45) is 0 Å². The normalized spacial score (nSPS) is 10.9. The molecule has 6 rings (SSSR count). The molecule has 51 heavy (non-hydrogen) atoms. The molecule has 0 aliphatic carbocycles. The fourth-order valence-electron chi connectivity index (χ4n) is 5.63. The highest BCUT2D eigenvalue weighted by Crippen LogP contribution is 2.42. The zero-order valence-electron chi connectivity index (χ0n) is 29.3. The molecule has 0 atom stereocenters. The van der Waals surface area contributed by atoms with E-state index < -0.39 is 0 Å². The van der Waals surface area contributed by atoms with Crippen molar-refractivity contribution in [3.63, 3.8) is 0 Å². The second-order valence-electron chi connectivity index (χ2n) is 11.4. The maximum atomic E-state index is 12.7. The SMILES string of the molecule is COc1cc(-c2nc3ccccc3s2)ccc1OCCCCOc1cc(-c2cc(-c3cc(OC)c(OC)c(OC)c3)nn2C(C)=O)ccc1OC. The van der Waals surface area contributed by atoms with Crippen LogP contribution in [-0.2, 0) is 0 Å². The zero-order chi connectivity index (χ0) is 35.9. The Hall–Kier alpha value is -5.75. The fourth-order valence-corrected chi connectivity index (χ4v) is 6.59. The minimum atomic E-state index is -0.245. The zero-order valence-corrected chi connectivity index (χ0v) is 30.2. The number of hydrogen-bond acceptors (Lipinski definition) is 11. The first kappa shape index (κ1) is 35.1. The third kappa shape index (κ3) is 7.56. The number of rotatable bonds is 15. The molecule has 0 aliphatic heterocycles. The number of fused-ring (bicyclic) bond motifs is 1. The summed E-state index contributed by atoms with van der Waals surface area (Å²) < 4.78 is 42.5.